The van der Waals surface area contributed by atoms with Crippen LogP contribution in [-0.2, 0) is 15.6 Å². The van der Waals surface area contributed by atoms with Gasteiger partial charge >= 0.3 is 0 Å². The molecule has 3 rings (SSSR count). The number of rotatable bonds is 6. The first kappa shape index (κ1) is 16.5. The summed E-state index contributed by atoms with van der Waals surface area (Å²) in [5.41, 5.74) is -1.36. The molecule has 1 saturated carbocycles. The van der Waals surface area contributed by atoms with Crippen molar-refractivity contribution in [1.82, 2.24) is 4.72 Å². The van der Waals surface area contributed by atoms with Crippen molar-refractivity contribution in [3.8, 4) is 0 Å². The summed E-state index contributed by atoms with van der Waals surface area (Å²) in [5.74, 6) is -2.39. The van der Waals surface area contributed by atoms with Gasteiger partial charge in [0.25, 0.3) is 0 Å². The highest BCUT2D eigenvalue weighted by molar-refractivity contribution is 7.89. The van der Waals surface area contributed by atoms with Gasteiger partial charge in [-0.3, -0.25) is 0 Å². The second kappa shape index (κ2) is 5.94. The predicted octanol–water partition coefficient (Wildman–Crippen LogP) is 2.60. The summed E-state index contributed by atoms with van der Waals surface area (Å²) in [5, 5.41) is 12.6. The molecule has 1 fully saturated rings. The molecule has 0 spiro atoms. The summed E-state index contributed by atoms with van der Waals surface area (Å²) in [7, 11) is -4.41. The second-order valence-corrected chi connectivity index (χ2v) is 8.20. The van der Waals surface area contributed by atoms with Crippen molar-refractivity contribution in [3.63, 3.8) is 0 Å². The third-order valence-corrected chi connectivity index (χ3v) is 6.41. The zero-order chi connectivity index (χ0) is 16.7. The minimum Gasteiger partial charge on any atom is -0.383 e. The normalized spacial score (nSPS) is 17.9. The van der Waals surface area contributed by atoms with Crippen molar-refractivity contribution in [2.24, 2.45) is 5.92 Å². The minimum atomic E-state index is -4.41. The van der Waals surface area contributed by atoms with Crippen molar-refractivity contribution < 1.29 is 22.3 Å². The Bertz CT molecular complexity index is 784. The fourth-order valence-electron chi connectivity index (χ4n) is 2.53. The molecule has 2 N–H and O–H groups in total. The van der Waals surface area contributed by atoms with E-state index in [1.165, 1.54) is 11.3 Å². The van der Waals surface area contributed by atoms with Gasteiger partial charge in [0.05, 0.1) is 0 Å². The van der Waals surface area contributed by atoms with Crippen LogP contribution in [0.2, 0.25) is 0 Å². The van der Waals surface area contributed by atoms with Crippen molar-refractivity contribution in [3.05, 3.63) is 52.2 Å². The molecule has 23 heavy (non-hydrogen) atoms. The molecule has 4 nitrogen and oxygen atoms in total. The van der Waals surface area contributed by atoms with Crippen molar-refractivity contribution in [1.29, 1.82) is 0 Å². The van der Waals surface area contributed by atoms with E-state index in [2.05, 4.69) is 4.72 Å². The minimum absolute atomic E-state index is 0.0608. The lowest BCUT2D eigenvalue weighted by molar-refractivity contribution is 0.0222. The fourth-order valence-corrected chi connectivity index (χ4v) is 4.64. The largest absolute Gasteiger partial charge is 0.383 e. The lowest BCUT2D eigenvalue weighted by Gasteiger charge is -2.27. The van der Waals surface area contributed by atoms with Gasteiger partial charge in [-0.1, -0.05) is 12.1 Å². The highest BCUT2D eigenvalue weighted by Gasteiger charge is 2.46. The zero-order valence-electron chi connectivity index (χ0n) is 12.0. The Labute approximate surface area is 136 Å². The summed E-state index contributed by atoms with van der Waals surface area (Å²) >= 11 is 1.32. The van der Waals surface area contributed by atoms with Crippen LogP contribution < -0.4 is 4.72 Å². The molecule has 0 radical (unpaired) electrons. The van der Waals surface area contributed by atoms with Gasteiger partial charge < -0.3 is 5.11 Å². The number of sulfonamides is 1. The standard InChI is InChI=1S/C15H15F2NO3S2/c16-11-3-1-4-12(17)14(11)23(20,21)18-9-15(19,10-6-7-10)13-5-2-8-22-13/h1-5,8,10,18-19H,6-7,9H2. The second-order valence-electron chi connectivity index (χ2n) is 5.55. The van der Waals surface area contributed by atoms with Crippen molar-refractivity contribution in [2.45, 2.75) is 23.3 Å². The fraction of sp³-hybridized carbons (Fsp3) is 0.333. The Morgan fingerprint density at radius 1 is 1.22 bits per heavy atom. The number of benzene rings is 1. The highest BCUT2D eigenvalue weighted by Crippen LogP contribution is 2.46. The first-order valence-electron chi connectivity index (χ1n) is 7.04. The van der Waals surface area contributed by atoms with Gasteiger partial charge in [0.15, 0.2) is 4.90 Å². The lowest BCUT2D eigenvalue weighted by atomic mass is 9.96. The average Bonchev–Trinajstić information content (AvgIpc) is 3.20. The van der Waals surface area contributed by atoms with Gasteiger partial charge in [-0.25, -0.2) is 21.9 Å². The van der Waals surface area contributed by atoms with Crippen LogP contribution in [0.15, 0.2) is 40.6 Å². The van der Waals surface area contributed by atoms with E-state index in [9.17, 15) is 22.3 Å². The van der Waals surface area contributed by atoms with Gasteiger partial charge in [-0.05, 0) is 42.3 Å². The maximum Gasteiger partial charge on any atom is 0.246 e. The van der Waals surface area contributed by atoms with Crippen LogP contribution in [0, 0.1) is 17.6 Å². The van der Waals surface area contributed by atoms with Crippen molar-refractivity contribution in [2.75, 3.05) is 6.54 Å². The van der Waals surface area contributed by atoms with E-state index < -0.39 is 32.2 Å². The van der Waals surface area contributed by atoms with Gasteiger partial charge in [0.1, 0.15) is 17.2 Å². The van der Waals surface area contributed by atoms with Crippen LogP contribution >= 0.6 is 11.3 Å². The van der Waals surface area contributed by atoms with Crippen LogP contribution in [0.4, 0.5) is 8.78 Å². The van der Waals surface area contributed by atoms with Gasteiger partial charge in [-0.2, -0.15) is 0 Å². The molecule has 1 heterocycles. The van der Waals surface area contributed by atoms with E-state index in [0.717, 1.165) is 31.0 Å². The Balaban J connectivity index is 1.86. The molecular weight excluding hydrogens is 344 g/mol. The van der Waals surface area contributed by atoms with E-state index in [4.69, 9.17) is 0 Å². The molecule has 124 valence electrons. The maximum atomic E-state index is 13.7. The van der Waals surface area contributed by atoms with E-state index in [1.807, 2.05) is 0 Å². The third-order valence-electron chi connectivity index (χ3n) is 3.92. The summed E-state index contributed by atoms with van der Waals surface area (Å²) in [6.45, 7) is -0.325. The molecule has 1 aliphatic rings. The predicted molar refractivity (Wildman–Crippen MR) is 82.5 cm³/mol. The van der Waals surface area contributed by atoms with Crippen LogP contribution in [0.1, 0.15) is 17.7 Å². The smallest absolute Gasteiger partial charge is 0.246 e. The van der Waals surface area contributed by atoms with Gasteiger partial charge in [0, 0.05) is 11.4 Å². The van der Waals surface area contributed by atoms with Crippen molar-refractivity contribution >= 4 is 21.4 Å². The number of nitrogens with one attached hydrogen (secondary N) is 1. The summed E-state index contributed by atoms with van der Waals surface area (Å²) in [4.78, 5) is -0.388. The molecule has 0 amide bonds. The Morgan fingerprint density at radius 2 is 1.87 bits per heavy atom. The molecule has 1 aliphatic carbocycles. The van der Waals surface area contributed by atoms with Crippen LogP contribution in [0.5, 0.6) is 0 Å². The molecular formula is C15H15F2NO3S2. The Morgan fingerprint density at radius 3 is 2.39 bits per heavy atom. The molecule has 1 atom stereocenters. The van der Waals surface area contributed by atoms with E-state index >= 15 is 0 Å². The van der Waals surface area contributed by atoms with Crippen LogP contribution in [0.3, 0.4) is 0 Å². The number of hydrogen-bond acceptors (Lipinski definition) is 4. The van der Waals surface area contributed by atoms with Crippen LogP contribution in [-0.4, -0.2) is 20.1 Å². The van der Waals surface area contributed by atoms with Crippen LogP contribution in [0.25, 0.3) is 0 Å². The highest BCUT2D eigenvalue weighted by atomic mass is 32.2. The molecule has 8 heteroatoms. The molecule has 1 aromatic heterocycles. The molecule has 0 aliphatic heterocycles. The molecule has 0 saturated heterocycles. The summed E-state index contributed by atoms with van der Waals surface area (Å²) in [6.07, 6.45) is 1.56. The number of halogens is 2. The Hall–Kier alpha value is -1.35. The van der Waals surface area contributed by atoms with E-state index in [1.54, 1.807) is 17.5 Å². The number of thiophene rings is 1. The average molecular weight is 359 g/mol. The SMILES string of the molecule is O=S(=O)(NCC(O)(c1cccs1)C1CC1)c1c(F)cccc1F. The molecule has 1 unspecified atom stereocenters. The molecule has 2 aromatic rings. The van der Waals surface area contributed by atoms with Gasteiger partial charge in [0.2, 0.25) is 10.0 Å². The quantitative estimate of drug-likeness (QED) is 0.833. The first-order valence-corrected chi connectivity index (χ1v) is 9.41. The zero-order valence-corrected chi connectivity index (χ0v) is 13.6. The topological polar surface area (TPSA) is 66.4 Å². The Kier molecular flexibility index (Phi) is 4.26. The molecule has 1 aromatic carbocycles. The number of aliphatic hydroxyl groups is 1. The molecule has 0 bridgehead atoms. The maximum absolute atomic E-state index is 13.7. The van der Waals surface area contributed by atoms with Gasteiger partial charge in [-0.15, -0.1) is 11.3 Å². The summed E-state index contributed by atoms with van der Waals surface area (Å²) in [6, 6.07) is 6.34. The van der Waals surface area contributed by atoms with E-state index in [0.29, 0.717) is 4.88 Å². The van der Waals surface area contributed by atoms with E-state index in [-0.39, 0.29) is 12.5 Å². The number of hydrogen-bond donors (Lipinski definition) is 2. The lowest BCUT2D eigenvalue weighted by Crippen LogP contribution is -2.42. The summed E-state index contributed by atoms with van der Waals surface area (Å²) < 4.78 is 54.0. The monoisotopic (exact) mass is 359 g/mol. The first-order chi connectivity index (χ1) is 10.8. The third kappa shape index (κ3) is 3.16.